The Bertz CT molecular complexity index is 734. The Hall–Kier alpha value is -1.47. The number of aromatic nitrogens is 1. The van der Waals surface area contributed by atoms with Crippen molar-refractivity contribution in [1.29, 1.82) is 0 Å². The number of carbonyl (C=O) groups is 1. The summed E-state index contributed by atoms with van der Waals surface area (Å²) in [5.74, 6) is 0.0548. The number of nitrogens with zero attached hydrogens (tertiary/aromatic N) is 2. The Labute approximate surface area is 143 Å². The van der Waals surface area contributed by atoms with Gasteiger partial charge in [-0.3, -0.25) is 9.78 Å². The number of hydrogen-bond acceptors (Lipinski definition) is 5. The molecule has 2 aliphatic heterocycles. The zero-order chi connectivity index (χ0) is 17.5. The fourth-order valence-corrected chi connectivity index (χ4v) is 6.25. The van der Waals surface area contributed by atoms with Gasteiger partial charge in [-0.15, -0.1) is 0 Å². The average molecular weight is 352 g/mol. The lowest BCUT2D eigenvalue weighted by molar-refractivity contribution is 0.0270. The van der Waals surface area contributed by atoms with Crippen molar-refractivity contribution in [2.24, 2.45) is 5.92 Å². The molecule has 132 valence electrons. The third-order valence-electron chi connectivity index (χ3n) is 5.15. The Balaban J connectivity index is 1.77. The van der Waals surface area contributed by atoms with Crippen LogP contribution in [0.4, 0.5) is 0 Å². The first-order valence-electron chi connectivity index (χ1n) is 8.33. The van der Waals surface area contributed by atoms with Crippen LogP contribution >= 0.6 is 0 Å². The first kappa shape index (κ1) is 17.4. The minimum absolute atomic E-state index is 0.0209. The van der Waals surface area contributed by atoms with Gasteiger partial charge in [0.1, 0.15) is 4.75 Å². The summed E-state index contributed by atoms with van der Waals surface area (Å²) < 4.78 is 29.8. The molecule has 0 saturated carbocycles. The van der Waals surface area contributed by atoms with Crippen LogP contribution in [-0.2, 0) is 14.6 Å². The van der Waals surface area contributed by atoms with Gasteiger partial charge in [0.05, 0.1) is 12.4 Å². The Morgan fingerprint density at radius 1 is 1.33 bits per heavy atom. The summed E-state index contributed by atoms with van der Waals surface area (Å²) >= 11 is 0. The zero-order valence-corrected chi connectivity index (χ0v) is 15.2. The molecule has 1 aromatic rings. The molecule has 1 aromatic heterocycles. The van der Waals surface area contributed by atoms with Gasteiger partial charge in [0.15, 0.2) is 9.84 Å². The lowest BCUT2D eigenvalue weighted by Gasteiger charge is -2.49. The number of aryl methyl sites for hydroxylation is 2. The minimum Gasteiger partial charge on any atom is -0.381 e. The minimum atomic E-state index is -3.18. The van der Waals surface area contributed by atoms with Crippen LogP contribution in [0.15, 0.2) is 12.1 Å². The molecule has 0 aliphatic carbocycles. The van der Waals surface area contributed by atoms with Gasteiger partial charge in [0.25, 0.3) is 5.91 Å². The predicted molar refractivity (Wildman–Crippen MR) is 90.7 cm³/mol. The molecule has 1 spiro atoms. The van der Waals surface area contributed by atoms with Crippen molar-refractivity contribution in [2.75, 3.05) is 32.1 Å². The van der Waals surface area contributed by atoms with E-state index in [2.05, 4.69) is 4.98 Å². The molecule has 6 nitrogen and oxygen atoms in total. The summed E-state index contributed by atoms with van der Waals surface area (Å²) in [4.78, 5) is 18.6. The average Bonchev–Trinajstić information content (AvgIpc) is 2.72. The number of carbonyl (C=O) groups excluding carboxylic acids is 1. The highest BCUT2D eigenvalue weighted by Gasteiger charge is 2.62. The van der Waals surface area contributed by atoms with Gasteiger partial charge in [0.2, 0.25) is 0 Å². The molecule has 24 heavy (non-hydrogen) atoms. The second-order valence-electron chi connectivity index (χ2n) is 6.83. The van der Waals surface area contributed by atoms with Gasteiger partial charge in [-0.25, -0.2) is 8.42 Å². The van der Waals surface area contributed by atoms with Crippen LogP contribution in [0.2, 0.25) is 0 Å². The Kier molecular flexibility index (Phi) is 4.42. The quantitative estimate of drug-likeness (QED) is 0.818. The smallest absolute Gasteiger partial charge is 0.254 e. The molecule has 0 N–H and O–H groups in total. The summed E-state index contributed by atoms with van der Waals surface area (Å²) in [6.45, 7) is 7.16. The highest BCUT2D eigenvalue weighted by atomic mass is 32.2. The maximum atomic E-state index is 12.7. The topological polar surface area (TPSA) is 76.6 Å². The first-order chi connectivity index (χ1) is 11.3. The SMILES string of the molecule is CCOC[C@H]1CCS(=O)(=O)C12CN(C(=O)c1cc(C)nc(C)c1)C2. The lowest BCUT2D eigenvalue weighted by atomic mass is 9.83. The third-order valence-corrected chi connectivity index (χ3v) is 7.76. The molecule has 0 radical (unpaired) electrons. The summed E-state index contributed by atoms with van der Waals surface area (Å²) in [5.41, 5.74) is 2.15. The molecule has 2 fully saturated rings. The molecule has 3 heterocycles. The molecule has 7 heteroatoms. The number of ether oxygens (including phenoxy) is 1. The van der Waals surface area contributed by atoms with Gasteiger partial charge in [-0.1, -0.05) is 0 Å². The molecular weight excluding hydrogens is 328 g/mol. The Morgan fingerprint density at radius 2 is 1.96 bits per heavy atom. The van der Waals surface area contributed by atoms with Gasteiger partial charge in [0, 0.05) is 42.6 Å². The highest BCUT2D eigenvalue weighted by Crippen LogP contribution is 2.45. The van der Waals surface area contributed by atoms with E-state index in [0.717, 1.165) is 11.4 Å². The second-order valence-corrected chi connectivity index (χ2v) is 9.28. The van der Waals surface area contributed by atoms with Gasteiger partial charge >= 0.3 is 0 Å². The second kappa shape index (κ2) is 6.11. The highest BCUT2D eigenvalue weighted by molar-refractivity contribution is 7.93. The van der Waals surface area contributed by atoms with Crippen LogP contribution in [0.25, 0.3) is 0 Å². The monoisotopic (exact) mass is 352 g/mol. The van der Waals surface area contributed by atoms with E-state index in [1.807, 2.05) is 20.8 Å². The maximum absolute atomic E-state index is 12.7. The standard InChI is InChI=1S/C17H24N2O4S/c1-4-23-9-15-5-6-24(21,22)17(15)10-19(11-17)16(20)14-7-12(2)18-13(3)8-14/h7-8,15H,4-6,9-11H2,1-3H3/t15-/m1/s1. The number of sulfone groups is 1. The van der Waals surface area contributed by atoms with Crippen LogP contribution in [-0.4, -0.2) is 61.0 Å². The third kappa shape index (κ3) is 2.73. The van der Waals surface area contributed by atoms with E-state index in [1.165, 1.54) is 0 Å². The van der Waals surface area contributed by atoms with E-state index in [9.17, 15) is 13.2 Å². The van der Waals surface area contributed by atoms with E-state index in [1.54, 1.807) is 17.0 Å². The van der Waals surface area contributed by atoms with Gasteiger partial charge < -0.3 is 9.64 Å². The van der Waals surface area contributed by atoms with E-state index in [4.69, 9.17) is 4.74 Å². The fourth-order valence-electron chi connectivity index (χ4n) is 3.85. The molecule has 1 atom stereocenters. The summed E-state index contributed by atoms with van der Waals surface area (Å²) in [5, 5.41) is 0. The van der Waals surface area contributed by atoms with Crippen molar-refractivity contribution in [3.8, 4) is 0 Å². The van der Waals surface area contributed by atoms with Crippen molar-refractivity contribution < 1.29 is 17.9 Å². The van der Waals surface area contributed by atoms with Crippen LogP contribution in [0.5, 0.6) is 0 Å². The van der Waals surface area contributed by atoms with Crippen LogP contribution in [0.3, 0.4) is 0 Å². The number of likely N-dealkylation sites (tertiary alicyclic amines) is 1. The van der Waals surface area contributed by atoms with Crippen LogP contribution in [0, 0.1) is 19.8 Å². The van der Waals surface area contributed by atoms with Crippen molar-refractivity contribution in [3.63, 3.8) is 0 Å². The molecule has 0 aromatic carbocycles. The van der Waals surface area contributed by atoms with Crippen molar-refractivity contribution in [3.05, 3.63) is 29.1 Å². The van der Waals surface area contributed by atoms with Crippen LogP contribution in [0.1, 0.15) is 35.1 Å². The normalized spacial score (nSPS) is 24.1. The van der Waals surface area contributed by atoms with E-state index >= 15 is 0 Å². The van der Waals surface area contributed by atoms with Crippen LogP contribution < -0.4 is 0 Å². The fraction of sp³-hybridized carbons (Fsp3) is 0.647. The molecule has 0 unspecified atom stereocenters. The molecule has 3 rings (SSSR count). The predicted octanol–water partition coefficient (Wildman–Crippen LogP) is 1.36. The molecule has 0 bridgehead atoms. The summed E-state index contributed by atoms with van der Waals surface area (Å²) in [6.07, 6.45) is 0.623. The van der Waals surface area contributed by atoms with E-state index in [-0.39, 0.29) is 30.7 Å². The summed E-state index contributed by atoms with van der Waals surface area (Å²) in [6, 6.07) is 3.50. The van der Waals surface area contributed by atoms with Crippen molar-refractivity contribution >= 4 is 15.7 Å². The van der Waals surface area contributed by atoms with Crippen molar-refractivity contribution in [2.45, 2.75) is 31.9 Å². The van der Waals surface area contributed by atoms with E-state index in [0.29, 0.717) is 25.2 Å². The summed E-state index contributed by atoms with van der Waals surface area (Å²) in [7, 11) is -3.18. The number of rotatable bonds is 4. The van der Waals surface area contributed by atoms with Crippen molar-refractivity contribution in [1.82, 2.24) is 9.88 Å². The number of amides is 1. The largest absolute Gasteiger partial charge is 0.381 e. The van der Waals surface area contributed by atoms with E-state index < -0.39 is 14.6 Å². The van der Waals surface area contributed by atoms with Gasteiger partial charge in [-0.05, 0) is 39.3 Å². The Morgan fingerprint density at radius 3 is 2.54 bits per heavy atom. The molecule has 2 saturated heterocycles. The zero-order valence-electron chi connectivity index (χ0n) is 14.4. The number of hydrogen-bond donors (Lipinski definition) is 0. The molecule has 1 amide bonds. The lowest BCUT2D eigenvalue weighted by Crippen LogP contribution is -2.68. The first-order valence-corrected chi connectivity index (χ1v) is 9.99. The molecule has 2 aliphatic rings. The number of pyridine rings is 1. The van der Waals surface area contributed by atoms with Gasteiger partial charge in [-0.2, -0.15) is 0 Å². The maximum Gasteiger partial charge on any atom is 0.254 e. The molecular formula is C17H24N2O4S.